The highest BCUT2D eigenvalue weighted by Crippen LogP contribution is 2.10. The van der Waals surface area contributed by atoms with Crippen LogP contribution in [0.15, 0.2) is 13.2 Å². The van der Waals surface area contributed by atoms with Gasteiger partial charge in [-0.1, -0.05) is 46.0 Å². The molecule has 0 aliphatic carbocycles. The summed E-state index contributed by atoms with van der Waals surface area (Å²) in [6.45, 7) is 13.1. The molecule has 0 aromatic carbocycles. The van der Waals surface area contributed by atoms with E-state index in [1.165, 1.54) is 38.5 Å². The first-order valence-electron chi connectivity index (χ1n) is 7.05. The Morgan fingerprint density at radius 1 is 0.882 bits per heavy atom. The van der Waals surface area contributed by atoms with E-state index in [0.717, 1.165) is 32.1 Å². The van der Waals surface area contributed by atoms with Crippen LogP contribution in [0.25, 0.3) is 0 Å². The third-order valence-corrected chi connectivity index (χ3v) is 2.56. The zero-order valence-corrected chi connectivity index (χ0v) is 12.0. The second-order valence-electron chi connectivity index (χ2n) is 4.70. The SMILES string of the molecule is C=C.CC(C)CCCCCCCOCCCN. The third-order valence-electron chi connectivity index (χ3n) is 2.56. The van der Waals surface area contributed by atoms with E-state index < -0.39 is 0 Å². The van der Waals surface area contributed by atoms with Crippen molar-refractivity contribution in [3.8, 4) is 0 Å². The van der Waals surface area contributed by atoms with E-state index in [-0.39, 0.29) is 0 Å². The highest BCUT2D eigenvalue weighted by Gasteiger charge is 1.94. The third kappa shape index (κ3) is 21.5. The highest BCUT2D eigenvalue weighted by molar-refractivity contribution is 4.48. The number of nitrogens with two attached hydrogens (primary N) is 1. The van der Waals surface area contributed by atoms with Gasteiger partial charge in [-0.05, 0) is 25.3 Å². The minimum absolute atomic E-state index is 0.745. The number of unbranched alkanes of at least 4 members (excludes halogenated alkanes) is 4. The molecule has 17 heavy (non-hydrogen) atoms. The van der Waals surface area contributed by atoms with Crippen molar-refractivity contribution in [2.45, 2.75) is 58.8 Å². The molecular weight excluding hydrogens is 210 g/mol. The van der Waals surface area contributed by atoms with Crippen LogP contribution in [-0.2, 0) is 4.74 Å². The van der Waals surface area contributed by atoms with Crippen molar-refractivity contribution in [2.24, 2.45) is 11.7 Å². The summed E-state index contributed by atoms with van der Waals surface area (Å²) in [7, 11) is 0. The minimum atomic E-state index is 0.745. The van der Waals surface area contributed by atoms with Gasteiger partial charge in [0.15, 0.2) is 0 Å². The van der Waals surface area contributed by atoms with Crippen molar-refractivity contribution in [1.82, 2.24) is 0 Å². The summed E-state index contributed by atoms with van der Waals surface area (Å²) in [5.41, 5.74) is 5.37. The lowest BCUT2D eigenvalue weighted by molar-refractivity contribution is 0.129. The largest absolute Gasteiger partial charge is 0.381 e. The summed E-state index contributed by atoms with van der Waals surface area (Å²) in [5.74, 6) is 0.865. The molecule has 0 bridgehead atoms. The Labute approximate surface area is 109 Å². The van der Waals surface area contributed by atoms with Crippen LogP contribution in [0.1, 0.15) is 58.8 Å². The maximum Gasteiger partial charge on any atom is 0.0478 e. The van der Waals surface area contributed by atoms with Crippen molar-refractivity contribution in [3.05, 3.63) is 13.2 Å². The topological polar surface area (TPSA) is 35.2 Å². The van der Waals surface area contributed by atoms with Crippen LogP contribution in [-0.4, -0.2) is 19.8 Å². The van der Waals surface area contributed by atoms with Crippen LogP contribution in [0.5, 0.6) is 0 Å². The molecule has 0 fully saturated rings. The Bertz CT molecular complexity index is 126. The van der Waals surface area contributed by atoms with Gasteiger partial charge >= 0.3 is 0 Å². The van der Waals surface area contributed by atoms with E-state index >= 15 is 0 Å². The Hall–Kier alpha value is -0.340. The molecule has 0 radical (unpaired) electrons. The average Bonchev–Trinajstić information content (AvgIpc) is 2.34. The zero-order chi connectivity index (χ0) is 13.4. The van der Waals surface area contributed by atoms with Crippen LogP contribution in [0.3, 0.4) is 0 Å². The van der Waals surface area contributed by atoms with Gasteiger partial charge in [0.25, 0.3) is 0 Å². The molecule has 0 atom stereocenters. The lowest BCUT2D eigenvalue weighted by atomic mass is 10.0. The predicted octanol–water partition coefficient (Wildman–Crippen LogP) is 4.15. The van der Waals surface area contributed by atoms with E-state index in [0.29, 0.717) is 0 Å². The summed E-state index contributed by atoms with van der Waals surface area (Å²) in [6, 6.07) is 0. The van der Waals surface area contributed by atoms with Crippen LogP contribution in [0, 0.1) is 5.92 Å². The highest BCUT2D eigenvalue weighted by atomic mass is 16.5. The molecule has 0 aliphatic rings. The Balaban J connectivity index is 0. The molecule has 0 amide bonds. The monoisotopic (exact) mass is 243 g/mol. The normalized spacial score (nSPS) is 10.1. The molecule has 2 nitrogen and oxygen atoms in total. The summed E-state index contributed by atoms with van der Waals surface area (Å²) in [5, 5.41) is 0. The number of hydrogen-bond donors (Lipinski definition) is 1. The van der Waals surface area contributed by atoms with Crippen molar-refractivity contribution in [2.75, 3.05) is 19.8 Å². The van der Waals surface area contributed by atoms with Gasteiger partial charge in [-0.15, -0.1) is 13.2 Å². The molecule has 0 aromatic rings. The van der Waals surface area contributed by atoms with Gasteiger partial charge in [0.05, 0.1) is 0 Å². The van der Waals surface area contributed by atoms with Gasteiger partial charge in [-0.3, -0.25) is 0 Å². The van der Waals surface area contributed by atoms with Gasteiger partial charge in [0, 0.05) is 13.2 Å². The summed E-state index contributed by atoms with van der Waals surface area (Å²) in [6.07, 6.45) is 9.06. The summed E-state index contributed by atoms with van der Waals surface area (Å²) >= 11 is 0. The average molecular weight is 243 g/mol. The minimum Gasteiger partial charge on any atom is -0.381 e. The second-order valence-corrected chi connectivity index (χ2v) is 4.70. The molecule has 0 spiro atoms. The Morgan fingerprint density at radius 2 is 1.41 bits per heavy atom. The smallest absolute Gasteiger partial charge is 0.0478 e. The molecule has 2 N–H and O–H groups in total. The molecule has 2 heteroatoms. The molecular formula is C15H33NO. The maximum absolute atomic E-state index is 5.44. The number of rotatable bonds is 11. The first-order valence-corrected chi connectivity index (χ1v) is 7.05. The maximum atomic E-state index is 5.44. The molecule has 0 unspecified atom stereocenters. The molecule has 0 aromatic heterocycles. The lowest BCUT2D eigenvalue weighted by Gasteiger charge is -2.05. The van der Waals surface area contributed by atoms with Gasteiger partial charge in [0.1, 0.15) is 0 Å². The lowest BCUT2D eigenvalue weighted by Crippen LogP contribution is -2.04. The van der Waals surface area contributed by atoms with Crippen molar-refractivity contribution >= 4 is 0 Å². The fraction of sp³-hybridized carbons (Fsp3) is 0.867. The molecule has 0 aliphatic heterocycles. The van der Waals surface area contributed by atoms with Gasteiger partial charge in [-0.2, -0.15) is 0 Å². The first-order chi connectivity index (χ1) is 8.27. The van der Waals surface area contributed by atoms with Crippen molar-refractivity contribution in [1.29, 1.82) is 0 Å². The molecule has 0 heterocycles. The van der Waals surface area contributed by atoms with E-state index in [4.69, 9.17) is 10.5 Å². The summed E-state index contributed by atoms with van der Waals surface area (Å²) in [4.78, 5) is 0. The Kier molecular flexibility index (Phi) is 20.2. The van der Waals surface area contributed by atoms with Gasteiger partial charge < -0.3 is 10.5 Å². The second kappa shape index (κ2) is 18.0. The fourth-order valence-electron chi connectivity index (χ4n) is 1.57. The quantitative estimate of drug-likeness (QED) is 0.437. The molecule has 0 rings (SSSR count). The van der Waals surface area contributed by atoms with Crippen molar-refractivity contribution in [3.63, 3.8) is 0 Å². The van der Waals surface area contributed by atoms with Crippen molar-refractivity contribution < 1.29 is 4.74 Å². The molecule has 104 valence electrons. The van der Waals surface area contributed by atoms with E-state index in [1.54, 1.807) is 0 Å². The Morgan fingerprint density at radius 3 is 2.00 bits per heavy atom. The van der Waals surface area contributed by atoms with Gasteiger partial charge in [-0.25, -0.2) is 0 Å². The predicted molar refractivity (Wildman–Crippen MR) is 78.3 cm³/mol. The van der Waals surface area contributed by atoms with E-state index in [1.807, 2.05) is 0 Å². The van der Waals surface area contributed by atoms with Crippen LogP contribution < -0.4 is 5.73 Å². The van der Waals surface area contributed by atoms with Crippen LogP contribution in [0.2, 0.25) is 0 Å². The first kappa shape index (κ1) is 19.0. The van der Waals surface area contributed by atoms with Crippen LogP contribution >= 0.6 is 0 Å². The summed E-state index contributed by atoms with van der Waals surface area (Å²) < 4.78 is 5.44. The zero-order valence-electron chi connectivity index (χ0n) is 12.0. The van der Waals surface area contributed by atoms with E-state index in [2.05, 4.69) is 27.0 Å². The van der Waals surface area contributed by atoms with Crippen LogP contribution in [0.4, 0.5) is 0 Å². The van der Waals surface area contributed by atoms with E-state index in [9.17, 15) is 0 Å². The number of hydrogen-bond acceptors (Lipinski definition) is 2. The van der Waals surface area contributed by atoms with Gasteiger partial charge in [0.2, 0.25) is 0 Å². The molecule has 0 saturated heterocycles. The fourth-order valence-corrected chi connectivity index (χ4v) is 1.57. The standard InChI is InChI=1S/C13H29NO.C2H4/c1-13(2)9-6-4-3-5-7-11-15-12-8-10-14;1-2/h13H,3-12,14H2,1-2H3;1-2H2. The number of ether oxygens (including phenoxy) is 1. The molecule has 0 saturated carbocycles.